The molecule has 0 saturated carbocycles. The summed E-state index contributed by atoms with van der Waals surface area (Å²) in [7, 11) is 0. The molecular formula is C18H21NO2S. The molecule has 0 bridgehead atoms. The largest absolute Gasteiger partial charge is 0.490 e. The van der Waals surface area contributed by atoms with Gasteiger partial charge in [0.05, 0.1) is 0 Å². The highest BCUT2D eigenvalue weighted by atomic mass is 32.1. The van der Waals surface area contributed by atoms with E-state index in [9.17, 15) is 0 Å². The minimum Gasteiger partial charge on any atom is -0.490 e. The average Bonchev–Trinajstić information content (AvgIpc) is 2.54. The Morgan fingerprint density at radius 1 is 0.909 bits per heavy atom. The van der Waals surface area contributed by atoms with Crippen LogP contribution in [0.5, 0.6) is 11.5 Å². The molecule has 4 heteroatoms. The molecule has 3 nitrogen and oxygen atoms in total. The number of thiocarbonyl (C=S) groups is 1. The maximum absolute atomic E-state index is 5.66. The van der Waals surface area contributed by atoms with Crippen molar-refractivity contribution in [1.82, 2.24) is 0 Å². The van der Waals surface area contributed by atoms with E-state index in [1.807, 2.05) is 36.4 Å². The minimum atomic E-state index is 0.390. The zero-order chi connectivity index (χ0) is 15.8. The van der Waals surface area contributed by atoms with Crippen molar-refractivity contribution >= 4 is 17.2 Å². The molecule has 0 radical (unpaired) electrons. The molecule has 0 spiro atoms. The fourth-order valence-electron chi connectivity index (χ4n) is 2.08. The van der Waals surface area contributed by atoms with Crippen LogP contribution in [0.15, 0.2) is 48.5 Å². The lowest BCUT2D eigenvalue weighted by Gasteiger charge is -2.09. The number of hydrogen-bond donors (Lipinski definition) is 1. The van der Waals surface area contributed by atoms with Crippen molar-refractivity contribution in [1.29, 1.82) is 0 Å². The second-order valence-corrected chi connectivity index (χ2v) is 5.42. The van der Waals surface area contributed by atoms with Crippen molar-refractivity contribution in [3.8, 4) is 11.5 Å². The summed E-state index contributed by atoms with van der Waals surface area (Å²) in [4.78, 5) is 0.390. The molecule has 0 aliphatic heterocycles. The van der Waals surface area contributed by atoms with Gasteiger partial charge in [0.15, 0.2) is 0 Å². The predicted molar refractivity (Wildman–Crippen MR) is 93.8 cm³/mol. The van der Waals surface area contributed by atoms with Gasteiger partial charge in [0.25, 0.3) is 0 Å². The van der Waals surface area contributed by atoms with Crippen LogP contribution in [0, 0.1) is 0 Å². The van der Waals surface area contributed by atoms with Gasteiger partial charge in [0, 0.05) is 5.56 Å². The number of nitrogens with two attached hydrogens (primary N) is 1. The van der Waals surface area contributed by atoms with Gasteiger partial charge < -0.3 is 15.2 Å². The van der Waals surface area contributed by atoms with Gasteiger partial charge >= 0.3 is 0 Å². The Bertz CT molecular complexity index is 593. The highest BCUT2D eigenvalue weighted by Gasteiger charge is 1.99. The molecule has 0 fully saturated rings. The number of ether oxygens (including phenoxy) is 2. The van der Waals surface area contributed by atoms with E-state index in [1.165, 1.54) is 5.56 Å². The number of aryl methyl sites for hydroxylation is 1. The summed E-state index contributed by atoms with van der Waals surface area (Å²) in [6, 6.07) is 15.6. The molecule has 2 rings (SSSR count). The maximum atomic E-state index is 5.66. The third-order valence-electron chi connectivity index (χ3n) is 3.22. The van der Waals surface area contributed by atoms with Gasteiger partial charge in [0.1, 0.15) is 29.7 Å². The van der Waals surface area contributed by atoms with E-state index in [0.717, 1.165) is 29.9 Å². The van der Waals surface area contributed by atoms with E-state index in [4.69, 9.17) is 27.4 Å². The standard InChI is InChI=1S/C18H21NO2S/c1-2-3-14-4-8-16(9-5-14)20-12-13-21-17-10-6-15(7-11-17)18(19)22/h4-11H,2-3,12-13H2,1H3,(H2,19,22). The van der Waals surface area contributed by atoms with E-state index in [-0.39, 0.29) is 0 Å². The molecule has 0 atom stereocenters. The molecule has 2 aromatic rings. The molecule has 2 N–H and O–H groups in total. The molecular weight excluding hydrogens is 294 g/mol. The van der Waals surface area contributed by atoms with Gasteiger partial charge in [-0.3, -0.25) is 0 Å². The highest BCUT2D eigenvalue weighted by Crippen LogP contribution is 2.14. The fraction of sp³-hybridized carbons (Fsp3) is 0.278. The highest BCUT2D eigenvalue weighted by molar-refractivity contribution is 7.80. The Morgan fingerprint density at radius 3 is 1.86 bits per heavy atom. The smallest absolute Gasteiger partial charge is 0.122 e. The van der Waals surface area contributed by atoms with Crippen molar-refractivity contribution in [3.63, 3.8) is 0 Å². The van der Waals surface area contributed by atoms with Gasteiger partial charge in [0.2, 0.25) is 0 Å². The van der Waals surface area contributed by atoms with Crippen molar-refractivity contribution in [2.45, 2.75) is 19.8 Å². The molecule has 22 heavy (non-hydrogen) atoms. The van der Waals surface area contributed by atoms with Gasteiger partial charge in [-0.1, -0.05) is 37.7 Å². The lowest BCUT2D eigenvalue weighted by atomic mass is 10.1. The summed E-state index contributed by atoms with van der Waals surface area (Å²) in [5.74, 6) is 1.65. The van der Waals surface area contributed by atoms with E-state index in [0.29, 0.717) is 18.2 Å². The van der Waals surface area contributed by atoms with E-state index >= 15 is 0 Å². The minimum absolute atomic E-state index is 0.390. The Kier molecular flexibility index (Phi) is 6.22. The third kappa shape index (κ3) is 5.04. The zero-order valence-corrected chi connectivity index (χ0v) is 13.6. The Hall–Kier alpha value is -2.07. The second-order valence-electron chi connectivity index (χ2n) is 4.98. The number of hydrogen-bond acceptors (Lipinski definition) is 3. The predicted octanol–water partition coefficient (Wildman–Crippen LogP) is 3.73. The molecule has 0 aliphatic carbocycles. The van der Waals surface area contributed by atoms with Gasteiger partial charge in [-0.2, -0.15) is 0 Å². The molecule has 0 aromatic heterocycles. The average molecular weight is 315 g/mol. The van der Waals surface area contributed by atoms with Crippen LogP contribution in [0.4, 0.5) is 0 Å². The third-order valence-corrected chi connectivity index (χ3v) is 3.46. The Morgan fingerprint density at radius 2 is 1.41 bits per heavy atom. The summed E-state index contributed by atoms with van der Waals surface area (Å²) in [5, 5.41) is 0. The topological polar surface area (TPSA) is 44.5 Å². The Labute approximate surface area is 137 Å². The van der Waals surface area contributed by atoms with Crippen LogP contribution in [-0.4, -0.2) is 18.2 Å². The number of rotatable bonds is 8. The molecule has 116 valence electrons. The van der Waals surface area contributed by atoms with Crippen molar-refractivity contribution in [3.05, 3.63) is 59.7 Å². The molecule has 2 aromatic carbocycles. The first kappa shape index (κ1) is 16.3. The molecule has 0 saturated heterocycles. The molecule has 0 amide bonds. The fourth-order valence-corrected chi connectivity index (χ4v) is 2.21. The van der Waals surface area contributed by atoms with Gasteiger partial charge in [-0.25, -0.2) is 0 Å². The van der Waals surface area contributed by atoms with E-state index < -0.39 is 0 Å². The lowest BCUT2D eigenvalue weighted by molar-refractivity contribution is 0.217. The van der Waals surface area contributed by atoms with Crippen molar-refractivity contribution in [2.24, 2.45) is 5.73 Å². The van der Waals surface area contributed by atoms with Crippen LogP contribution in [0.25, 0.3) is 0 Å². The first-order valence-corrected chi connectivity index (χ1v) is 7.84. The first-order chi connectivity index (χ1) is 10.7. The number of benzene rings is 2. The summed E-state index contributed by atoms with van der Waals surface area (Å²) in [5.41, 5.74) is 7.73. The summed E-state index contributed by atoms with van der Waals surface area (Å²) < 4.78 is 11.3. The molecule has 0 heterocycles. The van der Waals surface area contributed by atoms with Crippen LogP contribution < -0.4 is 15.2 Å². The summed E-state index contributed by atoms with van der Waals surface area (Å²) >= 11 is 4.91. The van der Waals surface area contributed by atoms with Crippen LogP contribution in [-0.2, 0) is 6.42 Å². The maximum Gasteiger partial charge on any atom is 0.122 e. The van der Waals surface area contributed by atoms with Crippen LogP contribution in [0.3, 0.4) is 0 Å². The molecule has 0 aliphatic rings. The lowest BCUT2D eigenvalue weighted by Crippen LogP contribution is -2.10. The van der Waals surface area contributed by atoms with Crippen molar-refractivity contribution in [2.75, 3.05) is 13.2 Å². The van der Waals surface area contributed by atoms with Gasteiger partial charge in [-0.05, 0) is 48.4 Å². The van der Waals surface area contributed by atoms with Crippen LogP contribution >= 0.6 is 12.2 Å². The van der Waals surface area contributed by atoms with E-state index in [1.54, 1.807) is 0 Å². The first-order valence-electron chi connectivity index (χ1n) is 7.43. The zero-order valence-electron chi connectivity index (χ0n) is 12.7. The van der Waals surface area contributed by atoms with Gasteiger partial charge in [-0.15, -0.1) is 0 Å². The normalized spacial score (nSPS) is 10.2. The van der Waals surface area contributed by atoms with E-state index in [2.05, 4.69) is 19.1 Å². The van der Waals surface area contributed by atoms with Crippen LogP contribution in [0.2, 0.25) is 0 Å². The Balaban J connectivity index is 1.73. The van der Waals surface area contributed by atoms with Crippen molar-refractivity contribution < 1.29 is 9.47 Å². The summed E-state index contributed by atoms with van der Waals surface area (Å²) in [6.45, 7) is 3.17. The molecule has 0 unspecified atom stereocenters. The van der Waals surface area contributed by atoms with Crippen LogP contribution in [0.1, 0.15) is 24.5 Å². The SMILES string of the molecule is CCCc1ccc(OCCOc2ccc(C(N)=S)cc2)cc1. The summed E-state index contributed by atoms with van der Waals surface area (Å²) in [6.07, 6.45) is 2.26. The monoisotopic (exact) mass is 315 g/mol. The quantitative estimate of drug-likeness (QED) is 0.595. The second kappa shape index (κ2) is 8.39.